The molecule has 9 nitrogen and oxygen atoms in total. The molecule has 3 aromatic rings. The van der Waals surface area contributed by atoms with Crippen molar-refractivity contribution < 1.29 is 9.59 Å². The molecular weight excluding hydrogens is 394 g/mol. The summed E-state index contributed by atoms with van der Waals surface area (Å²) in [6.07, 6.45) is 5.57. The molecule has 1 fully saturated rings. The van der Waals surface area contributed by atoms with Crippen molar-refractivity contribution >= 4 is 17.6 Å². The van der Waals surface area contributed by atoms with Gasteiger partial charge in [-0.05, 0) is 24.8 Å². The number of benzene rings is 1. The fourth-order valence-electron chi connectivity index (χ4n) is 4.09. The molecule has 1 N–H and O–H groups in total. The highest BCUT2D eigenvalue weighted by Crippen LogP contribution is 2.37. The first-order chi connectivity index (χ1) is 15.1. The third kappa shape index (κ3) is 3.83. The van der Waals surface area contributed by atoms with Crippen molar-refractivity contribution in [3.8, 4) is 0 Å². The minimum absolute atomic E-state index is 0.0561. The van der Waals surface area contributed by atoms with Gasteiger partial charge >= 0.3 is 0 Å². The molecule has 1 saturated carbocycles. The van der Waals surface area contributed by atoms with Crippen LogP contribution < -0.4 is 10.2 Å². The van der Waals surface area contributed by atoms with Crippen LogP contribution in [0.5, 0.6) is 0 Å². The summed E-state index contributed by atoms with van der Waals surface area (Å²) >= 11 is 0. The minimum Gasteiger partial charge on any atom is -0.337 e. The molecule has 9 heteroatoms. The maximum atomic E-state index is 13.0. The summed E-state index contributed by atoms with van der Waals surface area (Å²) in [5, 5.41) is 11.8. The number of nitrogens with zero attached hydrogens (tertiary/aromatic N) is 6. The largest absolute Gasteiger partial charge is 0.337 e. The van der Waals surface area contributed by atoms with Crippen molar-refractivity contribution in [1.82, 2.24) is 29.9 Å². The standard InChI is InChI=1S/C22H25N7O2/c1-27-19-12-18(16-8-5-9-16)25-29(19)11-10-17(22(27)31)24-21(30)20-23-14-28(26-20)13-15-6-3-2-4-7-15/h2-4,6-7,12,14,16-17H,5,8-11,13H2,1H3,(H,24,30). The Balaban J connectivity index is 1.25. The predicted molar refractivity (Wildman–Crippen MR) is 114 cm³/mol. The number of aryl methyl sites for hydroxylation is 1. The molecule has 5 rings (SSSR count). The van der Waals surface area contributed by atoms with Crippen LogP contribution in [0.1, 0.15) is 53.5 Å². The van der Waals surface area contributed by atoms with Crippen molar-refractivity contribution in [2.24, 2.45) is 0 Å². The van der Waals surface area contributed by atoms with E-state index in [0.717, 1.165) is 29.9 Å². The Morgan fingerprint density at radius 2 is 1.97 bits per heavy atom. The second-order valence-corrected chi connectivity index (χ2v) is 8.24. The summed E-state index contributed by atoms with van der Waals surface area (Å²) in [5.74, 6) is 0.745. The third-order valence-corrected chi connectivity index (χ3v) is 6.14. The van der Waals surface area contributed by atoms with Crippen LogP contribution in [0.15, 0.2) is 42.7 Å². The Hall–Kier alpha value is -3.49. The van der Waals surface area contributed by atoms with Crippen LogP contribution in [0.4, 0.5) is 5.82 Å². The van der Waals surface area contributed by atoms with Gasteiger partial charge in [-0.2, -0.15) is 5.10 Å². The molecule has 31 heavy (non-hydrogen) atoms. The predicted octanol–water partition coefficient (Wildman–Crippen LogP) is 1.96. The fraction of sp³-hybridized carbons (Fsp3) is 0.409. The van der Waals surface area contributed by atoms with E-state index in [-0.39, 0.29) is 11.7 Å². The summed E-state index contributed by atoms with van der Waals surface area (Å²) in [4.78, 5) is 31.4. The van der Waals surface area contributed by atoms with Gasteiger partial charge in [0.25, 0.3) is 11.8 Å². The third-order valence-electron chi connectivity index (χ3n) is 6.14. The molecule has 2 amide bonds. The smallest absolute Gasteiger partial charge is 0.291 e. The van der Waals surface area contributed by atoms with Crippen LogP contribution in [0.25, 0.3) is 0 Å². The first kappa shape index (κ1) is 19.5. The van der Waals surface area contributed by atoms with Crippen LogP contribution in [0.3, 0.4) is 0 Å². The van der Waals surface area contributed by atoms with Crippen LogP contribution in [0.2, 0.25) is 0 Å². The topological polar surface area (TPSA) is 97.9 Å². The van der Waals surface area contributed by atoms with E-state index < -0.39 is 11.9 Å². The molecule has 1 aliphatic heterocycles. The molecular formula is C22H25N7O2. The normalized spacial score (nSPS) is 18.9. The summed E-state index contributed by atoms with van der Waals surface area (Å²) in [7, 11) is 1.73. The number of anilines is 1. The van der Waals surface area contributed by atoms with E-state index in [9.17, 15) is 9.59 Å². The molecule has 1 aromatic carbocycles. The van der Waals surface area contributed by atoms with Gasteiger partial charge in [0, 0.05) is 25.6 Å². The molecule has 2 aliphatic rings. The van der Waals surface area contributed by atoms with Gasteiger partial charge in [-0.15, -0.1) is 5.10 Å². The lowest BCUT2D eigenvalue weighted by atomic mass is 9.83. The molecule has 0 radical (unpaired) electrons. The van der Waals surface area contributed by atoms with E-state index >= 15 is 0 Å². The molecule has 160 valence electrons. The number of fused-ring (bicyclic) bond motifs is 1. The van der Waals surface area contributed by atoms with Gasteiger partial charge in [0.2, 0.25) is 5.82 Å². The van der Waals surface area contributed by atoms with Crippen LogP contribution >= 0.6 is 0 Å². The number of hydrogen-bond acceptors (Lipinski definition) is 5. The van der Waals surface area contributed by atoms with Crippen molar-refractivity contribution in [2.75, 3.05) is 11.9 Å². The second kappa shape index (κ2) is 7.98. The van der Waals surface area contributed by atoms with Gasteiger partial charge in [0.15, 0.2) is 0 Å². The molecule has 3 heterocycles. The van der Waals surface area contributed by atoms with E-state index in [0.29, 0.717) is 25.4 Å². The Kier molecular flexibility index (Phi) is 5.01. The SMILES string of the molecule is CN1C(=O)C(NC(=O)c2ncn(Cc3ccccc3)n2)CCn2nc(C3CCC3)cc21. The highest BCUT2D eigenvalue weighted by Gasteiger charge is 2.33. The highest BCUT2D eigenvalue weighted by molar-refractivity contribution is 6.00. The number of aromatic nitrogens is 5. The lowest BCUT2D eigenvalue weighted by Gasteiger charge is -2.23. The molecule has 0 saturated heterocycles. The van der Waals surface area contributed by atoms with E-state index in [2.05, 4.69) is 15.4 Å². The second-order valence-electron chi connectivity index (χ2n) is 8.24. The monoisotopic (exact) mass is 419 g/mol. The van der Waals surface area contributed by atoms with Gasteiger partial charge in [0.1, 0.15) is 18.2 Å². The number of carbonyl (C=O) groups is 2. The maximum absolute atomic E-state index is 13.0. The molecule has 1 atom stereocenters. The zero-order valence-corrected chi connectivity index (χ0v) is 17.4. The summed E-state index contributed by atoms with van der Waals surface area (Å²) in [5.41, 5.74) is 2.13. The first-order valence-corrected chi connectivity index (χ1v) is 10.7. The van der Waals surface area contributed by atoms with Gasteiger partial charge in [-0.1, -0.05) is 36.8 Å². The molecule has 0 bridgehead atoms. The number of nitrogens with one attached hydrogen (secondary N) is 1. The molecule has 1 unspecified atom stereocenters. The summed E-state index contributed by atoms with van der Waals surface area (Å²) in [6.45, 7) is 1.09. The lowest BCUT2D eigenvalue weighted by molar-refractivity contribution is -0.120. The quantitative estimate of drug-likeness (QED) is 0.682. The number of likely N-dealkylation sites (N-methyl/N-ethyl adjacent to an activating group) is 1. The number of rotatable bonds is 5. The van der Waals surface area contributed by atoms with Crippen molar-refractivity contribution in [3.63, 3.8) is 0 Å². The van der Waals surface area contributed by atoms with Crippen LogP contribution in [-0.4, -0.2) is 49.4 Å². The van der Waals surface area contributed by atoms with Gasteiger partial charge in [0.05, 0.1) is 12.2 Å². The average molecular weight is 419 g/mol. The Labute approximate surface area is 180 Å². The summed E-state index contributed by atoms with van der Waals surface area (Å²) < 4.78 is 3.49. The zero-order valence-electron chi connectivity index (χ0n) is 17.4. The van der Waals surface area contributed by atoms with Crippen molar-refractivity contribution in [2.45, 2.75) is 50.7 Å². The van der Waals surface area contributed by atoms with Gasteiger partial charge < -0.3 is 5.32 Å². The van der Waals surface area contributed by atoms with Crippen molar-refractivity contribution in [3.05, 3.63) is 59.8 Å². The van der Waals surface area contributed by atoms with E-state index in [1.165, 1.54) is 12.7 Å². The first-order valence-electron chi connectivity index (χ1n) is 10.7. The van der Waals surface area contributed by atoms with E-state index in [1.807, 2.05) is 41.1 Å². The van der Waals surface area contributed by atoms with Gasteiger partial charge in [-0.3, -0.25) is 14.5 Å². The minimum atomic E-state index is -0.646. The fourth-order valence-corrected chi connectivity index (χ4v) is 4.09. The molecule has 0 spiro atoms. The maximum Gasteiger partial charge on any atom is 0.291 e. The molecule has 2 aromatic heterocycles. The Morgan fingerprint density at radius 3 is 2.71 bits per heavy atom. The number of amides is 2. The Bertz CT molecular complexity index is 1100. The van der Waals surface area contributed by atoms with E-state index in [4.69, 9.17) is 5.10 Å². The van der Waals surface area contributed by atoms with Crippen LogP contribution in [0, 0.1) is 0 Å². The number of carbonyl (C=O) groups excluding carboxylic acids is 2. The average Bonchev–Trinajstić information content (AvgIpc) is 3.34. The highest BCUT2D eigenvalue weighted by atomic mass is 16.2. The molecule has 1 aliphatic carbocycles. The lowest BCUT2D eigenvalue weighted by Crippen LogP contribution is -2.47. The van der Waals surface area contributed by atoms with E-state index in [1.54, 1.807) is 16.6 Å². The number of hydrogen-bond donors (Lipinski definition) is 1. The van der Waals surface area contributed by atoms with Gasteiger partial charge in [-0.25, -0.2) is 14.3 Å². The van der Waals surface area contributed by atoms with Crippen LogP contribution in [-0.2, 0) is 17.9 Å². The summed E-state index contributed by atoms with van der Waals surface area (Å²) in [6, 6.07) is 11.2. The van der Waals surface area contributed by atoms with Crippen molar-refractivity contribution in [1.29, 1.82) is 0 Å². The zero-order chi connectivity index (χ0) is 21.4. The Morgan fingerprint density at radius 1 is 1.16 bits per heavy atom.